The summed E-state index contributed by atoms with van der Waals surface area (Å²) in [4.78, 5) is 12.2. The number of hydrogen-bond donors (Lipinski definition) is 2. The number of carbonyl (C=O) groups is 1. The SMILES string of the molecule is Cc1ccc(CSCCNC(=O)c2ccc(C)c(NS(C)(=O)=O)c2)cc1. The summed E-state index contributed by atoms with van der Waals surface area (Å²) in [6.07, 6.45) is 1.09. The minimum Gasteiger partial charge on any atom is -0.351 e. The molecule has 0 saturated carbocycles. The Hall–Kier alpha value is -1.99. The molecule has 0 aliphatic rings. The molecular formula is C19H24N2O3S2. The second-order valence-electron chi connectivity index (χ2n) is 6.20. The topological polar surface area (TPSA) is 75.3 Å². The van der Waals surface area contributed by atoms with Crippen molar-refractivity contribution in [1.29, 1.82) is 0 Å². The Kier molecular flexibility index (Phi) is 7.11. The van der Waals surface area contributed by atoms with Crippen LogP contribution in [0.4, 0.5) is 5.69 Å². The van der Waals surface area contributed by atoms with Crippen molar-refractivity contribution in [3.05, 3.63) is 64.7 Å². The molecule has 0 radical (unpaired) electrons. The molecule has 0 aromatic heterocycles. The molecule has 0 bridgehead atoms. The summed E-state index contributed by atoms with van der Waals surface area (Å²) >= 11 is 1.76. The Morgan fingerprint density at radius 2 is 1.77 bits per heavy atom. The molecule has 140 valence electrons. The zero-order chi connectivity index (χ0) is 19.2. The molecule has 5 nitrogen and oxygen atoms in total. The molecule has 26 heavy (non-hydrogen) atoms. The molecule has 2 N–H and O–H groups in total. The summed E-state index contributed by atoms with van der Waals surface area (Å²) in [5.74, 6) is 1.50. The highest BCUT2D eigenvalue weighted by molar-refractivity contribution is 7.98. The molecule has 0 heterocycles. The lowest BCUT2D eigenvalue weighted by Crippen LogP contribution is -2.26. The van der Waals surface area contributed by atoms with Gasteiger partial charge in [-0.1, -0.05) is 35.9 Å². The van der Waals surface area contributed by atoms with Crippen molar-refractivity contribution < 1.29 is 13.2 Å². The third-order valence-electron chi connectivity index (χ3n) is 3.72. The van der Waals surface area contributed by atoms with E-state index in [1.165, 1.54) is 11.1 Å². The monoisotopic (exact) mass is 392 g/mol. The fourth-order valence-electron chi connectivity index (χ4n) is 2.29. The Morgan fingerprint density at radius 3 is 2.42 bits per heavy atom. The molecular weight excluding hydrogens is 368 g/mol. The molecule has 7 heteroatoms. The van der Waals surface area contributed by atoms with Crippen LogP contribution in [-0.2, 0) is 15.8 Å². The average Bonchev–Trinajstić information content (AvgIpc) is 2.57. The second kappa shape index (κ2) is 9.09. The largest absolute Gasteiger partial charge is 0.351 e. The van der Waals surface area contributed by atoms with Crippen molar-refractivity contribution in [3.63, 3.8) is 0 Å². The first-order chi connectivity index (χ1) is 12.2. The van der Waals surface area contributed by atoms with Crippen LogP contribution in [0.5, 0.6) is 0 Å². The third-order valence-corrected chi connectivity index (χ3v) is 5.34. The first-order valence-corrected chi connectivity index (χ1v) is 11.3. The zero-order valence-electron chi connectivity index (χ0n) is 15.2. The number of hydrogen-bond acceptors (Lipinski definition) is 4. The van der Waals surface area contributed by atoms with Gasteiger partial charge < -0.3 is 5.32 Å². The highest BCUT2D eigenvalue weighted by Gasteiger charge is 2.10. The van der Waals surface area contributed by atoms with Gasteiger partial charge in [-0.3, -0.25) is 9.52 Å². The highest BCUT2D eigenvalue weighted by atomic mass is 32.2. The van der Waals surface area contributed by atoms with Gasteiger partial charge in [-0.2, -0.15) is 11.8 Å². The number of aryl methyl sites for hydroxylation is 2. The second-order valence-corrected chi connectivity index (χ2v) is 9.05. The summed E-state index contributed by atoms with van der Waals surface area (Å²) in [6.45, 7) is 4.41. The third kappa shape index (κ3) is 6.72. The van der Waals surface area contributed by atoms with Gasteiger partial charge in [0.25, 0.3) is 5.91 Å². The molecule has 0 aliphatic carbocycles. The van der Waals surface area contributed by atoms with E-state index in [2.05, 4.69) is 41.2 Å². The van der Waals surface area contributed by atoms with E-state index >= 15 is 0 Å². The quantitative estimate of drug-likeness (QED) is 0.676. The fourth-order valence-corrected chi connectivity index (χ4v) is 3.72. The molecule has 2 aromatic carbocycles. The van der Waals surface area contributed by atoms with Crippen molar-refractivity contribution in [3.8, 4) is 0 Å². The van der Waals surface area contributed by atoms with Crippen molar-refractivity contribution in [2.75, 3.05) is 23.3 Å². The lowest BCUT2D eigenvalue weighted by molar-refractivity contribution is 0.0956. The Bertz CT molecular complexity index is 863. The molecule has 0 unspecified atom stereocenters. The van der Waals surface area contributed by atoms with Gasteiger partial charge in [-0.15, -0.1) is 0 Å². The maximum Gasteiger partial charge on any atom is 0.251 e. The minimum absolute atomic E-state index is 0.211. The van der Waals surface area contributed by atoms with Crippen LogP contribution in [0, 0.1) is 13.8 Å². The van der Waals surface area contributed by atoms with E-state index in [0.29, 0.717) is 17.8 Å². The molecule has 0 aliphatic heterocycles. The van der Waals surface area contributed by atoms with Crippen LogP contribution in [0.25, 0.3) is 0 Å². The van der Waals surface area contributed by atoms with Gasteiger partial charge in [0.2, 0.25) is 10.0 Å². The number of amides is 1. The van der Waals surface area contributed by atoms with Gasteiger partial charge in [0.15, 0.2) is 0 Å². The zero-order valence-corrected chi connectivity index (χ0v) is 16.8. The fraction of sp³-hybridized carbons (Fsp3) is 0.316. The Morgan fingerprint density at radius 1 is 1.08 bits per heavy atom. The molecule has 0 atom stereocenters. The van der Waals surface area contributed by atoms with Crippen molar-refractivity contribution in [2.24, 2.45) is 0 Å². The number of benzene rings is 2. The van der Waals surface area contributed by atoms with Gasteiger partial charge in [0.05, 0.1) is 11.9 Å². The standard InChI is InChI=1S/C19H24N2O3S2/c1-14-4-7-16(8-5-14)13-25-11-10-20-19(22)17-9-6-15(2)18(12-17)21-26(3,23)24/h4-9,12,21H,10-11,13H2,1-3H3,(H,20,22). The number of sulfonamides is 1. The van der Waals surface area contributed by atoms with Crippen LogP contribution in [0.1, 0.15) is 27.0 Å². The van der Waals surface area contributed by atoms with Crippen molar-refractivity contribution in [1.82, 2.24) is 5.32 Å². The molecule has 1 amide bonds. The van der Waals surface area contributed by atoms with Gasteiger partial charge in [0.1, 0.15) is 0 Å². The smallest absolute Gasteiger partial charge is 0.251 e. The Balaban J connectivity index is 1.82. The highest BCUT2D eigenvalue weighted by Crippen LogP contribution is 2.18. The summed E-state index contributed by atoms with van der Waals surface area (Å²) < 4.78 is 25.2. The summed E-state index contributed by atoms with van der Waals surface area (Å²) in [7, 11) is -3.38. The van der Waals surface area contributed by atoms with Crippen LogP contribution in [0.2, 0.25) is 0 Å². The number of nitrogens with one attached hydrogen (secondary N) is 2. The van der Waals surface area contributed by atoms with Gasteiger partial charge >= 0.3 is 0 Å². The van der Waals surface area contributed by atoms with E-state index in [0.717, 1.165) is 23.3 Å². The van der Waals surface area contributed by atoms with E-state index in [1.54, 1.807) is 36.9 Å². The van der Waals surface area contributed by atoms with Crippen molar-refractivity contribution in [2.45, 2.75) is 19.6 Å². The van der Waals surface area contributed by atoms with Crippen molar-refractivity contribution >= 4 is 33.4 Å². The average molecular weight is 393 g/mol. The number of carbonyl (C=O) groups excluding carboxylic acids is 1. The van der Waals surface area contributed by atoms with E-state index in [4.69, 9.17) is 0 Å². The minimum atomic E-state index is -3.38. The normalized spacial score (nSPS) is 11.2. The van der Waals surface area contributed by atoms with E-state index in [-0.39, 0.29) is 5.91 Å². The van der Waals surface area contributed by atoms with Crippen LogP contribution >= 0.6 is 11.8 Å². The maximum absolute atomic E-state index is 12.2. The summed E-state index contributed by atoms with van der Waals surface area (Å²) in [5, 5.41) is 2.87. The first kappa shape index (κ1) is 20.3. The predicted molar refractivity (Wildman–Crippen MR) is 109 cm³/mol. The van der Waals surface area contributed by atoms with E-state index in [1.807, 2.05) is 0 Å². The van der Waals surface area contributed by atoms with Gasteiger partial charge in [-0.25, -0.2) is 8.42 Å². The number of rotatable bonds is 8. The van der Waals surface area contributed by atoms with E-state index in [9.17, 15) is 13.2 Å². The lowest BCUT2D eigenvalue weighted by Gasteiger charge is -2.10. The molecule has 2 rings (SSSR count). The van der Waals surface area contributed by atoms with E-state index < -0.39 is 10.0 Å². The predicted octanol–water partition coefficient (Wildman–Crippen LogP) is 3.34. The summed E-state index contributed by atoms with van der Waals surface area (Å²) in [6, 6.07) is 13.4. The summed E-state index contributed by atoms with van der Waals surface area (Å²) in [5.41, 5.74) is 4.13. The molecule has 0 spiro atoms. The first-order valence-electron chi connectivity index (χ1n) is 8.24. The number of anilines is 1. The Labute approximate surface area is 159 Å². The van der Waals surface area contributed by atoms with Gasteiger partial charge in [0, 0.05) is 23.6 Å². The van der Waals surface area contributed by atoms with Crippen LogP contribution in [0.15, 0.2) is 42.5 Å². The van der Waals surface area contributed by atoms with Gasteiger partial charge in [-0.05, 0) is 37.1 Å². The lowest BCUT2D eigenvalue weighted by atomic mass is 10.1. The maximum atomic E-state index is 12.2. The number of thioether (sulfide) groups is 1. The van der Waals surface area contributed by atoms with Crippen LogP contribution in [0.3, 0.4) is 0 Å². The molecule has 0 saturated heterocycles. The molecule has 2 aromatic rings. The van der Waals surface area contributed by atoms with Crippen LogP contribution < -0.4 is 10.0 Å². The van der Waals surface area contributed by atoms with Crippen LogP contribution in [-0.4, -0.2) is 32.9 Å². The molecule has 0 fully saturated rings.